The number of hydrogen-bond donors (Lipinski definition) is 1. The van der Waals surface area contributed by atoms with E-state index in [4.69, 9.17) is 0 Å². The van der Waals surface area contributed by atoms with Crippen molar-refractivity contribution in [1.82, 2.24) is 5.32 Å². The Balaban J connectivity index is 2.13. The first-order chi connectivity index (χ1) is 4.86. The molecule has 0 bridgehead atoms. The van der Waals surface area contributed by atoms with Gasteiger partial charge < -0.3 is 0 Å². The molecule has 2 heteroatoms. The van der Waals surface area contributed by atoms with Gasteiger partial charge in [0, 0.05) is 0 Å². The van der Waals surface area contributed by atoms with Gasteiger partial charge in [-0.3, -0.25) is 0 Å². The van der Waals surface area contributed by atoms with Crippen LogP contribution in [0.2, 0.25) is 0 Å². The summed E-state index contributed by atoms with van der Waals surface area (Å²) in [6.07, 6.45) is 6.58. The van der Waals surface area contributed by atoms with E-state index in [1.54, 1.807) is 4.47 Å². The topological polar surface area (TPSA) is 12.0 Å². The first-order valence-electron chi connectivity index (χ1n) is 3.99. The van der Waals surface area contributed by atoms with Gasteiger partial charge in [-0.1, -0.05) is 0 Å². The van der Waals surface area contributed by atoms with Crippen molar-refractivity contribution in [2.45, 2.75) is 37.2 Å². The van der Waals surface area contributed by atoms with Gasteiger partial charge in [0.05, 0.1) is 0 Å². The molecule has 1 aliphatic heterocycles. The van der Waals surface area contributed by atoms with E-state index in [0.717, 1.165) is 25.9 Å². The monoisotopic (exact) mass is 203 g/mol. The van der Waals surface area contributed by atoms with Gasteiger partial charge in [-0.05, 0) is 0 Å². The predicted molar refractivity (Wildman–Crippen MR) is 44.1 cm³/mol. The van der Waals surface area contributed by atoms with Crippen molar-refractivity contribution < 1.29 is 0 Å². The first kappa shape index (κ1) is 6.90. The van der Waals surface area contributed by atoms with Crippen molar-refractivity contribution in [2.75, 3.05) is 0 Å². The third-order valence-corrected chi connectivity index (χ3v) is 4.68. The minimum absolute atomic E-state index is 0.769. The summed E-state index contributed by atoms with van der Waals surface area (Å²) >= 11 is 0.769. The summed E-state index contributed by atoms with van der Waals surface area (Å²) in [4.78, 5) is 0.793. The molecule has 0 spiro atoms. The summed E-state index contributed by atoms with van der Waals surface area (Å²) in [7, 11) is 0. The molecule has 2 atom stereocenters. The Kier molecular flexibility index (Phi) is 1.86. The fourth-order valence-corrected chi connectivity index (χ4v) is 4.20. The summed E-state index contributed by atoms with van der Waals surface area (Å²) < 4.78 is 1.74. The van der Waals surface area contributed by atoms with Gasteiger partial charge in [0.15, 0.2) is 0 Å². The Morgan fingerprint density at radius 2 is 2.60 bits per heavy atom. The Morgan fingerprint density at radius 3 is 3.40 bits per heavy atom. The molecule has 1 heterocycles. The summed E-state index contributed by atoms with van der Waals surface area (Å²) in [5.74, 6) is 0. The van der Waals surface area contributed by atoms with Gasteiger partial charge in [-0.25, -0.2) is 0 Å². The van der Waals surface area contributed by atoms with E-state index in [9.17, 15) is 0 Å². The van der Waals surface area contributed by atoms with E-state index in [1.165, 1.54) is 19.3 Å². The van der Waals surface area contributed by atoms with Crippen molar-refractivity contribution in [3.63, 3.8) is 0 Å². The predicted octanol–water partition coefficient (Wildman–Crippen LogP) is 1.08. The molecular formula is C8H13NSe. The summed E-state index contributed by atoms with van der Waals surface area (Å²) in [6.45, 7) is 2.30. The molecule has 0 aromatic carbocycles. The van der Waals surface area contributed by atoms with E-state index in [1.807, 2.05) is 0 Å². The molecule has 0 amide bonds. The fraction of sp³-hybridized carbons (Fsp3) is 0.750. The second-order valence-corrected chi connectivity index (χ2v) is 5.98. The molecule has 0 radical (unpaired) electrons. The zero-order valence-corrected chi connectivity index (χ0v) is 7.97. The van der Waals surface area contributed by atoms with Gasteiger partial charge >= 0.3 is 68.0 Å². The Bertz CT molecular complexity index is 165. The molecule has 10 heavy (non-hydrogen) atoms. The second kappa shape index (κ2) is 2.69. The van der Waals surface area contributed by atoms with Crippen molar-refractivity contribution in [2.24, 2.45) is 0 Å². The van der Waals surface area contributed by atoms with Gasteiger partial charge in [0.2, 0.25) is 0 Å². The first-order valence-corrected chi connectivity index (χ1v) is 5.83. The molecule has 1 fully saturated rings. The van der Waals surface area contributed by atoms with Crippen LogP contribution >= 0.6 is 0 Å². The van der Waals surface area contributed by atoms with E-state index in [0.29, 0.717) is 0 Å². The molecular weight excluding hydrogens is 189 g/mol. The van der Waals surface area contributed by atoms with Crippen LogP contribution in [0.4, 0.5) is 0 Å². The number of fused-ring (bicyclic) bond motifs is 1. The van der Waals surface area contributed by atoms with Gasteiger partial charge in [0.25, 0.3) is 0 Å². The van der Waals surface area contributed by atoms with E-state index in [2.05, 4.69) is 18.3 Å². The zero-order chi connectivity index (χ0) is 6.97. The van der Waals surface area contributed by atoms with Crippen LogP contribution in [-0.4, -0.2) is 25.9 Å². The molecule has 1 N–H and O–H groups in total. The average molecular weight is 202 g/mol. The quantitative estimate of drug-likeness (QED) is 0.579. The van der Waals surface area contributed by atoms with Gasteiger partial charge in [-0.2, -0.15) is 0 Å². The summed E-state index contributed by atoms with van der Waals surface area (Å²) in [5.41, 5.74) is 0. The van der Waals surface area contributed by atoms with Crippen LogP contribution in [0.25, 0.3) is 0 Å². The van der Waals surface area contributed by atoms with Crippen LogP contribution in [0.1, 0.15) is 26.2 Å². The molecule has 0 aromatic rings. The number of hydrogen-bond acceptors (Lipinski definition) is 1. The minimum atomic E-state index is 0.769. The van der Waals surface area contributed by atoms with Crippen LogP contribution in [0, 0.1) is 0 Å². The van der Waals surface area contributed by atoms with Crippen LogP contribution < -0.4 is 5.32 Å². The second-order valence-electron chi connectivity index (χ2n) is 3.02. The van der Waals surface area contributed by atoms with Crippen LogP contribution in [0.5, 0.6) is 0 Å². The number of nitrogens with one attached hydrogen (secondary N) is 1. The normalized spacial score (nSPS) is 39.1. The van der Waals surface area contributed by atoms with E-state index in [-0.39, 0.29) is 0 Å². The molecule has 2 aliphatic rings. The maximum absolute atomic E-state index is 3.62. The molecule has 56 valence electrons. The summed E-state index contributed by atoms with van der Waals surface area (Å²) in [5, 5.41) is 3.62. The molecule has 2 rings (SSSR count). The molecule has 1 nitrogen and oxygen atoms in total. The van der Waals surface area contributed by atoms with E-state index >= 15 is 0 Å². The van der Waals surface area contributed by atoms with Crippen LogP contribution in [0.3, 0.4) is 0 Å². The van der Waals surface area contributed by atoms with Crippen molar-refractivity contribution in [3.8, 4) is 0 Å². The summed E-state index contributed by atoms with van der Waals surface area (Å²) in [6, 6.07) is 0.781. The Morgan fingerprint density at radius 1 is 1.70 bits per heavy atom. The average Bonchev–Trinajstić information content (AvgIpc) is 2.27. The van der Waals surface area contributed by atoms with Crippen molar-refractivity contribution in [3.05, 3.63) is 10.5 Å². The van der Waals surface area contributed by atoms with Gasteiger partial charge in [-0.15, -0.1) is 0 Å². The van der Waals surface area contributed by atoms with Crippen LogP contribution in [0.15, 0.2) is 10.5 Å². The SMILES string of the molecule is CC1NC2CCCC=C2[Se]1. The molecule has 1 aliphatic carbocycles. The molecule has 0 aromatic heterocycles. The zero-order valence-electron chi connectivity index (χ0n) is 6.26. The van der Waals surface area contributed by atoms with Crippen molar-refractivity contribution >= 4 is 15.0 Å². The standard InChI is InChI=1S/C8H13NSe/c1-6-9-7-4-2-3-5-8(7)10-6/h5-7,9H,2-4H2,1H3. The van der Waals surface area contributed by atoms with Gasteiger partial charge in [0.1, 0.15) is 0 Å². The molecule has 0 saturated carbocycles. The Hall–Kier alpha value is 0.219. The van der Waals surface area contributed by atoms with Crippen molar-refractivity contribution in [1.29, 1.82) is 0 Å². The number of allylic oxidation sites excluding steroid dienone is 1. The third-order valence-electron chi connectivity index (χ3n) is 2.13. The van der Waals surface area contributed by atoms with E-state index < -0.39 is 0 Å². The van der Waals surface area contributed by atoms with Crippen LogP contribution in [-0.2, 0) is 0 Å². The fourth-order valence-electron chi connectivity index (χ4n) is 1.67. The Labute approximate surface area is 68.4 Å². The molecule has 1 saturated heterocycles. The molecule has 2 unspecified atom stereocenters. The maximum atomic E-state index is 3.62. The number of rotatable bonds is 0. The third kappa shape index (κ3) is 1.16.